The van der Waals surface area contributed by atoms with Crippen molar-refractivity contribution in [3.8, 4) is 0 Å². The van der Waals surface area contributed by atoms with Crippen LogP contribution in [0.4, 0.5) is 0 Å². The Hall–Kier alpha value is -1.28. The highest BCUT2D eigenvalue weighted by molar-refractivity contribution is 7.74. The summed E-state index contributed by atoms with van der Waals surface area (Å²) in [4.78, 5) is 17.1. The molecule has 7 heteroatoms. The predicted molar refractivity (Wildman–Crippen MR) is 77.3 cm³/mol. The first-order valence-corrected chi connectivity index (χ1v) is 7.81. The number of rotatable bonds is 10. The molecule has 0 aromatic heterocycles. The third-order valence-corrected chi connectivity index (χ3v) is 3.23. The molecular weight excluding hydrogens is 294 g/mol. The van der Waals surface area contributed by atoms with Crippen LogP contribution < -0.4 is 5.48 Å². The summed E-state index contributed by atoms with van der Waals surface area (Å²) in [6.45, 7) is 2.07. The van der Waals surface area contributed by atoms with Crippen molar-refractivity contribution in [3.05, 3.63) is 35.9 Å². The first-order chi connectivity index (χ1) is 10.1. The zero-order valence-corrected chi connectivity index (χ0v) is 12.8. The summed E-state index contributed by atoms with van der Waals surface area (Å²) in [5.41, 5.74) is 3.27. The molecule has 0 fully saturated rings. The van der Waals surface area contributed by atoms with Gasteiger partial charge in [-0.1, -0.05) is 50.1 Å². The number of unbranched alkanes of at least 4 members (excludes halogenated alkanes) is 1. The number of hydrogen-bond donors (Lipinski definition) is 1. The Morgan fingerprint density at radius 3 is 2.71 bits per heavy atom. The molecule has 0 heterocycles. The Bertz CT molecular complexity index is 440. The fourth-order valence-corrected chi connectivity index (χ4v) is 2.00. The van der Waals surface area contributed by atoms with Gasteiger partial charge in [0.1, 0.15) is 0 Å². The predicted octanol–water partition coefficient (Wildman–Crippen LogP) is 1.85. The van der Waals surface area contributed by atoms with Gasteiger partial charge in [0.15, 0.2) is 0 Å². The van der Waals surface area contributed by atoms with Crippen LogP contribution in [0.2, 0.25) is 0 Å². The largest absolute Gasteiger partial charge is 0.750 e. The van der Waals surface area contributed by atoms with Gasteiger partial charge in [-0.2, -0.15) is 0 Å². The Kier molecular flexibility index (Phi) is 8.84. The molecule has 0 aliphatic carbocycles. The minimum Gasteiger partial charge on any atom is -0.750 e. The number of amides is 1. The molecule has 2 unspecified atom stereocenters. The van der Waals surface area contributed by atoms with Crippen LogP contribution in [-0.2, 0) is 31.8 Å². The van der Waals surface area contributed by atoms with Gasteiger partial charge in [-0.05, 0) is 12.0 Å². The second-order valence-corrected chi connectivity index (χ2v) is 5.21. The quantitative estimate of drug-likeness (QED) is 0.526. The molecule has 0 aliphatic heterocycles. The molecule has 118 valence electrons. The van der Waals surface area contributed by atoms with E-state index in [2.05, 4.69) is 9.66 Å². The van der Waals surface area contributed by atoms with Crippen molar-refractivity contribution in [1.29, 1.82) is 0 Å². The van der Waals surface area contributed by atoms with Crippen molar-refractivity contribution < 1.29 is 22.6 Å². The molecule has 1 N–H and O–H groups in total. The van der Waals surface area contributed by atoms with Gasteiger partial charge >= 0.3 is 0 Å². The lowest BCUT2D eigenvalue weighted by molar-refractivity contribution is -0.140. The van der Waals surface area contributed by atoms with Gasteiger partial charge in [-0.25, -0.2) is 9.69 Å². The van der Waals surface area contributed by atoms with E-state index in [-0.39, 0.29) is 19.1 Å². The Labute approximate surface area is 127 Å². The smallest absolute Gasteiger partial charge is 0.249 e. The fourth-order valence-electron chi connectivity index (χ4n) is 1.73. The summed E-state index contributed by atoms with van der Waals surface area (Å²) < 4.78 is 25.3. The molecule has 0 saturated heterocycles. The molecule has 0 spiro atoms. The number of carbonyl (C=O) groups excluding carboxylic acids is 1. The molecule has 0 aliphatic rings. The van der Waals surface area contributed by atoms with E-state index in [0.717, 1.165) is 18.4 Å². The van der Waals surface area contributed by atoms with Gasteiger partial charge in [-0.3, -0.25) is 13.8 Å². The maximum atomic E-state index is 11.9. The minimum atomic E-state index is -2.61. The van der Waals surface area contributed by atoms with Crippen molar-refractivity contribution in [2.24, 2.45) is 5.92 Å². The maximum absolute atomic E-state index is 11.9. The van der Waals surface area contributed by atoms with Gasteiger partial charge in [0.05, 0.1) is 30.5 Å². The molecule has 21 heavy (non-hydrogen) atoms. The molecule has 2 atom stereocenters. The zero-order chi connectivity index (χ0) is 15.5. The van der Waals surface area contributed by atoms with Crippen LogP contribution in [0.3, 0.4) is 0 Å². The third kappa shape index (κ3) is 7.91. The van der Waals surface area contributed by atoms with E-state index in [0.29, 0.717) is 6.42 Å². The zero-order valence-electron chi connectivity index (χ0n) is 11.9. The Morgan fingerprint density at radius 2 is 2.10 bits per heavy atom. The highest BCUT2D eigenvalue weighted by Crippen LogP contribution is 2.10. The monoisotopic (exact) mass is 314 g/mol. The summed E-state index contributed by atoms with van der Waals surface area (Å²) in [6.07, 6.45) is 2.27. The van der Waals surface area contributed by atoms with Crippen LogP contribution in [0.25, 0.3) is 0 Å². The van der Waals surface area contributed by atoms with Gasteiger partial charge in [0.25, 0.3) is 0 Å². The highest BCUT2D eigenvalue weighted by Gasteiger charge is 2.18. The van der Waals surface area contributed by atoms with Gasteiger partial charge in [-0.15, -0.1) is 0 Å². The summed E-state index contributed by atoms with van der Waals surface area (Å²) >= 11 is -2.61. The minimum absolute atomic E-state index is 0.170. The lowest BCUT2D eigenvalue weighted by atomic mass is 10.0. The second kappa shape index (κ2) is 10.4. The van der Waals surface area contributed by atoms with E-state index in [4.69, 9.17) is 4.84 Å². The number of hydroxylamine groups is 1. The third-order valence-electron chi connectivity index (χ3n) is 2.90. The summed E-state index contributed by atoms with van der Waals surface area (Å²) in [5.74, 6) is -0.913. The number of carbonyl (C=O) groups is 1. The topological polar surface area (TPSA) is 87.7 Å². The molecule has 0 radical (unpaired) electrons. The van der Waals surface area contributed by atoms with E-state index < -0.39 is 17.3 Å². The SMILES string of the molecule is CCCCC(COS(=O)[O-])C(=O)NOCc1ccccc1. The van der Waals surface area contributed by atoms with Crippen molar-refractivity contribution >= 4 is 17.3 Å². The summed E-state index contributed by atoms with van der Waals surface area (Å²) in [7, 11) is 0. The fraction of sp³-hybridized carbons (Fsp3) is 0.500. The van der Waals surface area contributed by atoms with Crippen LogP contribution in [-0.4, -0.2) is 21.3 Å². The van der Waals surface area contributed by atoms with Crippen LogP contribution in [0.15, 0.2) is 30.3 Å². The van der Waals surface area contributed by atoms with Crippen LogP contribution in [0, 0.1) is 5.92 Å². The van der Waals surface area contributed by atoms with Crippen molar-refractivity contribution in [2.45, 2.75) is 32.8 Å². The Morgan fingerprint density at radius 1 is 1.38 bits per heavy atom. The van der Waals surface area contributed by atoms with E-state index in [1.807, 2.05) is 37.3 Å². The van der Waals surface area contributed by atoms with Gasteiger partial charge in [0, 0.05) is 0 Å². The number of nitrogens with one attached hydrogen (secondary N) is 1. The van der Waals surface area contributed by atoms with Gasteiger partial charge < -0.3 is 4.55 Å². The molecule has 1 amide bonds. The average Bonchev–Trinajstić information content (AvgIpc) is 2.48. The molecule has 1 aromatic rings. The maximum Gasteiger partial charge on any atom is 0.249 e. The van der Waals surface area contributed by atoms with E-state index in [9.17, 15) is 13.6 Å². The standard InChI is InChI=1S/C14H21NO5S/c1-2-3-9-13(11-20-21(17)18)14(16)15-19-10-12-7-5-4-6-8-12/h4-8,13H,2-3,9-11H2,1H3,(H,15,16)(H,17,18)/p-1. The molecule has 1 rings (SSSR count). The molecule has 0 saturated carbocycles. The summed E-state index contributed by atoms with van der Waals surface area (Å²) in [6, 6.07) is 9.40. The van der Waals surface area contributed by atoms with E-state index in [1.165, 1.54) is 0 Å². The van der Waals surface area contributed by atoms with Crippen LogP contribution >= 0.6 is 0 Å². The molecule has 6 nitrogen and oxygen atoms in total. The highest BCUT2D eigenvalue weighted by atomic mass is 32.2. The molecule has 1 aromatic carbocycles. The lowest BCUT2D eigenvalue weighted by Gasteiger charge is -2.17. The first-order valence-electron chi connectivity index (χ1n) is 6.81. The Balaban J connectivity index is 2.38. The van der Waals surface area contributed by atoms with E-state index >= 15 is 0 Å². The summed E-state index contributed by atoms with van der Waals surface area (Å²) in [5, 5.41) is 0. The lowest BCUT2D eigenvalue weighted by Crippen LogP contribution is -2.33. The van der Waals surface area contributed by atoms with Crippen molar-refractivity contribution in [3.63, 3.8) is 0 Å². The normalized spacial score (nSPS) is 13.6. The molecule has 0 bridgehead atoms. The number of benzene rings is 1. The van der Waals surface area contributed by atoms with E-state index in [1.54, 1.807) is 0 Å². The second-order valence-electron chi connectivity index (χ2n) is 4.57. The average molecular weight is 314 g/mol. The van der Waals surface area contributed by atoms with Crippen molar-refractivity contribution in [1.82, 2.24) is 5.48 Å². The van der Waals surface area contributed by atoms with Crippen LogP contribution in [0.5, 0.6) is 0 Å². The van der Waals surface area contributed by atoms with Crippen LogP contribution in [0.1, 0.15) is 31.7 Å². The number of hydrogen-bond acceptors (Lipinski definition) is 5. The van der Waals surface area contributed by atoms with Gasteiger partial charge in [0.2, 0.25) is 5.91 Å². The molecular formula is C14H20NO5S-. The first kappa shape index (κ1) is 17.8. The van der Waals surface area contributed by atoms with Crippen molar-refractivity contribution in [2.75, 3.05) is 6.61 Å².